The summed E-state index contributed by atoms with van der Waals surface area (Å²) in [6.45, 7) is 0. The van der Waals surface area contributed by atoms with Gasteiger partial charge in [0, 0.05) is 5.02 Å². The van der Waals surface area contributed by atoms with Crippen molar-refractivity contribution in [3.63, 3.8) is 0 Å². The van der Waals surface area contributed by atoms with Crippen molar-refractivity contribution in [3.8, 4) is 5.69 Å². The van der Waals surface area contributed by atoms with Crippen LogP contribution < -0.4 is 0 Å². The van der Waals surface area contributed by atoms with E-state index in [1.807, 2.05) is 0 Å². The van der Waals surface area contributed by atoms with Gasteiger partial charge in [-0.1, -0.05) is 29.9 Å². The second kappa shape index (κ2) is 5.09. The maximum absolute atomic E-state index is 13.4. The summed E-state index contributed by atoms with van der Waals surface area (Å²) in [5, 5.41) is 1.20. The van der Waals surface area contributed by atoms with Crippen LogP contribution in [0.4, 0.5) is 4.39 Å². The minimum absolute atomic E-state index is 0.162. The van der Waals surface area contributed by atoms with Crippen LogP contribution >= 0.6 is 36.0 Å². The van der Waals surface area contributed by atoms with Gasteiger partial charge in [0.1, 0.15) is 16.0 Å². The second-order valence-electron chi connectivity index (χ2n) is 4.13. The standard InChI is InChI=1S/C14H7ClFNOS2/c15-8-4-5-12-11(6-8)13(19)17(14(20)18-12)10-3-1-2-9(16)7-10/h1-7H. The van der Waals surface area contributed by atoms with Gasteiger partial charge in [-0.05, 0) is 48.6 Å². The van der Waals surface area contributed by atoms with Crippen molar-refractivity contribution in [1.29, 1.82) is 0 Å². The van der Waals surface area contributed by atoms with Crippen molar-refractivity contribution in [3.05, 3.63) is 62.8 Å². The Morgan fingerprint density at radius 1 is 1.10 bits per heavy atom. The van der Waals surface area contributed by atoms with Crippen LogP contribution in [0.25, 0.3) is 16.7 Å². The number of aromatic nitrogens is 1. The van der Waals surface area contributed by atoms with Gasteiger partial charge in [0.2, 0.25) is 0 Å². The van der Waals surface area contributed by atoms with Crippen molar-refractivity contribution in [2.45, 2.75) is 0 Å². The minimum atomic E-state index is -0.370. The highest BCUT2D eigenvalue weighted by atomic mass is 35.5. The van der Waals surface area contributed by atoms with E-state index < -0.39 is 0 Å². The summed E-state index contributed by atoms with van der Waals surface area (Å²) in [5.74, 6) is -0.370. The first-order chi connectivity index (χ1) is 9.56. The van der Waals surface area contributed by atoms with Crippen molar-refractivity contribution in [1.82, 2.24) is 4.57 Å². The smallest absolute Gasteiger partial charge is 0.274 e. The number of halogens is 2. The number of rotatable bonds is 1. The van der Waals surface area contributed by atoms with Crippen LogP contribution in [-0.4, -0.2) is 4.57 Å². The summed E-state index contributed by atoms with van der Waals surface area (Å²) < 4.78 is 20.9. The first kappa shape index (κ1) is 13.4. The Hall–Kier alpha value is -1.56. The summed E-state index contributed by atoms with van der Waals surface area (Å²) in [6.07, 6.45) is 0. The second-order valence-corrected chi connectivity index (χ2v) is 5.30. The Morgan fingerprint density at radius 2 is 1.90 bits per heavy atom. The number of fused-ring (bicyclic) bond motifs is 1. The molecule has 0 unspecified atom stereocenters. The van der Waals surface area contributed by atoms with Crippen LogP contribution in [0.5, 0.6) is 0 Å². The lowest BCUT2D eigenvalue weighted by Gasteiger charge is -2.09. The highest BCUT2D eigenvalue weighted by Crippen LogP contribution is 2.23. The number of nitrogens with zero attached hydrogens (tertiary/aromatic N) is 1. The molecule has 20 heavy (non-hydrogen) atoms. The zero-order valence-corrected chi connectivity index (χ0v) is 12.4. The van der Waals surface area contributed by atoms with Gasteiger partial charge in [-0.15, -0.1) is 0 Å². The fourth-order valence-corrected chi connectivity index (χ4v) is 2.80. The first-order valence-corrected chi connectivity index (χ1v) is 6.87. The van der Waals surface area contributed by atoms with Crippen LogP contribution in [0.2, 0.25) is 5.02 Å². The zero-order valence-electron chi connectivity index (χ0n) is 9.97. The average Bonchev–Trinajstić information content (AvgIpc) is 2.40. The molecule has 0 spiro atoms. The number of hydrogen-bond donors (Lipinski definition) is 0. The van der Waals surface area contributed by atoms with E-state index in [2.05, 4.69) is 0 Å². The van der Waals surface area contributed by atoms with Gasteiger partial charge in [0.05, 0.1) is 11.1 Å². The van der Waals surface area contributed by atoms with Crippen LogP contribution in [-0.2, 0) is 0 Å². The van der Waals surface area contributed by atoms with E-state index in [4.69, 9.17) is 40.5 Å². The van der Waals surface area contributed by atoms with Crippen LogP contribution in [0, 0.1) is 15.3 Å². The van der Waals surface area contributed by atoms with Crippen molar-refractivity contribution in [2.24, 2.45) is 0 Å². The number of hydrogen-bond acceptors (Lipinski definition) is 3. The largest absolute Gasteiger partial charge is 0.431 e. The minimum Gasteiger partial charge on any atom is -0.431 e. The van der Waals surface area contributed by atoms with E-state index >= 15 is 0 Å². The average molecular weight is 324 g/mol. The van der Waals surface area contributed by atoms with E-state index in [1.54, 1.807) is 30.3 Å². The topological polar surface area (TPSA) is 18.1 Å². The Bertz CT molecular complexity index is 932. The molecular weight excluding hydrogens is 317 g/mol. The predicted octanol–water partition coefficient (Wildman–Crippen LogP) is 5.47. The first-order valence-electron chi connectivity index (χ1n) is 5.67. The van der Waals surface area contributed by atoms with E-state index in [1.165, 1.54) is 16.7 Å². The lowest BCUT2D eigenvalue weighted by Crippen LogP contribution is -1.99. The normalized spacial score (nSPS) is 10.9. The summed E-state index contributed by atoms with van der Waals surface area (Å²) in [4.78, 5) is 0.162. The van der Waals surface area contributed by atoms with E-state index in [0.29, 0.717) is 26.3 Å². The Labute approximate surface area is 129 Å². The molecular formula is C14H7ClFNOS2. The van der Waals surface area contributed by atoms with Gasteiger partial charge in [-0.25, -0.2) is 4.39 Å². The molecule has 0 fully saturated rings. The summed E-state index contributed by atoms with van der Waals surface area (Å²) >= 11 is 16.6. The molecule has 0 bridgehead atoms. The molecule has 2 aromatic carbocycles. The molecule has 0 N–H and O–H groups in total. The zero-order chi connectivity index (χ0) is 14.3. The van der Waals surface area contributed by atoms with Crippen LogP contribution in [0.3, 0.4) is 0 Å². The molecule has 0 saturated carbocycles. The predicted molar refractivity (Wildman–Crippen MR) is 82.2 cm³/mol. The van der Waals surface area contributed by atoms with Crippen LogP contribution in [0.15, 0.2) is 46.9 Å². The lowest BCUT2D eigenvalue weighted by molar-refractivity contribution is 0.536. The number of benzene rings is 2. The van der Waals surface area contributed by atoms with E-state index in [-0.39, 0.29) is 10.7 Å². The molecule has 100 valence electrons. The summed E-state index contributed by atoms with van der Waals surface area (Å²) in [6, 6.07) is 11.1. The van der Waals surface area contributed by atoms with Crippen molar-refractivity contribution in [2.75, 3.05) is 0 Å². The van der Waals surface area contributed by atoms with Gasteiger partial charge >= 0.3 is 0 Å². The summed E-state index contributed by atoms with van der Waals surface area (Å²) in [7, 11) is 0. The fraction of sp³-hybridized carbons (Fsp3) is 0. The fourth-order valence-electron chi connectivity index (χ4n) is 1.94. The molecule has 0 amide bonds. The highest BCUT2D eigenvalue weighted by Gasteiger charge is 2.08. The molecule has 0 saturated heterocycles. The Morgan fingerprint density at radius 3 is 2.65 bits per heavy atom. The third kappa shape index (κ3) is 2.28. The van der Waals surface area contributed by atoms with Gasteiger partial charge in [0.25, 0.3) is 4.84 Å². The highest BCUT2D eigenvalue weighted by molar-refractivity contribution is 7.72. The molecule has 0 atom stereocenters. The molecule has 0 aliphatic carbocycles. The Balaban J connectivity index is 2.42. The molecule has 1 heterocycles. The lowest BCUT2D eigenvalue weighted by atomic mass is 10.2. The van der Waals surface area contributed by atoms with E-state index in [0.717, 1.165) is 0 Å². The third-order valence-electron chi connectivity index (χ3n) is 2.82. The molecule has 0 radical (unpaired) electrons. The molecule has 0 aliphatic heterocycles. The Kier molecular flexibility index (Phi) is 3.41. The summed E-state index contributed by atoms with van der Waals surface area (Å²) in [5.41, 5.74) is 1.07. The molecule has 6 heteroatoms. The quantitative estimate of drug-likeness (QED) is 0.553. The molecule has 1 aromatic heterocycles. The maximum atomic E-state index is 13.4. The SMILES string of the molecule is Fc1cccc(-n2c(=S)oc3ccc(Cl)cc3c2=S)c1. The molecule has 3 aromatic rings. The monoisotopic (exact) mass is 323 g/mol. The molecule has 2 nitrogen and oxygen atoms in total. The van der Waals surface area contributed by atoms with Gasteiger partial charge in [-0.2, -0.15) is 0 Å². The molecule has 0 aliphatic rings. The molecule has 3 rings (SSSR count). The maximum Gasteiger partial charge on any atom is 0.274 e. The van der Waals surface area contributed by atoms with Gasteiger partial charge < -0.3 is 4.42 Å². The van der Waals surface area contributed by atoms with Gasteiger partial charge in [-0.3, -0.25) is 4.57 Å². The van der Waals surface area contributed by atoms with Gasteiger partial charge in [0.15, 0.2) is 0 Å². The van der Waals surface area contributed by atoms with E-state index in [9.17, 15) is 4.39 Å². The van der Waals surface area contributed by atoms with Crippen LogP contribution in [0.1, 0.15) is 0 Å². The third-order valence-corrected chi connectivity index (χ3v) is 3.72. The van der Waals surface area contributed by atoms with Crippen molar-refractivity contribution >= 4 is 47.0 Å². The van der Waals surface area contributed by atoms with Crippen molar-refractivity contribution < 1.29 is 8.81 Å².